The van der Waals surface area contributed by atoms with Gasteiger partial charge in [-0.05, 0) is 23.3 Å². The van der Waals surface area contributed by atoms with Gasteiger partial charge in [-0.3, -0.25) is 4.79 Å². The van der Waals surface area contributed by atoms with Crippen LogP contribution in [-0.2, 0) is 17.9 Å². The Bertz CT molecular complexity index is 858. The van der Waals surface area contributed by atoms with Crippen LogP contribution >= 0.6 is 23.1 Å². The average molecular weight is 402 g/mol. The van der Waals surface area contributed by atoms with E-state index in [9.17, 15) is 4.79 Å². The molecule has 27 heavy (non-hydrogen) atoms. The van der Waals surface area contributed by atoms with Gasteiger partial charge in [0, 0.05) is 6.54 Å². The third-order valence-corrected chi connectivity index (χ3v) is 5.48. The van der Waals surface area contributed by atoms with E-state index in [1.807, 2.05) is 48.5 Å². The average Bonchev–Trinajstić information content (AvgIpc) is 3.24. The summed E-state index contributed by atoms with van der Waals surface area (Å²) in [5.74, 6) is 1.56. The maximum atomic E-state index is 12.0. The number of benzene rings is 2. The number of hydrogen-bond donors (Lipinski definition) is 1. The number of aromatic nitrogens is 2. The van der Waals surface area contributed by atoms with Crippen LogP contribution in [0.1, 0.15) is 11.1 Å². The van der Waals surface area contributed by atoms with Crippen molar-refractivity contribution in [3.8, 4) is 11.5 Å². The van der Waals surface area contributed by atoms with Crippen molar-refractivity contribution in [3.63, 3.8) is 0 Å². The van der Waals surface area contributed by atoms with Gasteiger partial charge in [-0.15, -0.1) is 10.2 Å². The van der Waals surface area contributed by atoms with E-state index in [0.29, 0.717) is 30.4 Å². The summed E-state index contributed by atoms with van der Waals surface area (Å²) in [4.78, 5) is 12.0. The Morgan fingerprint density at radius 2 is 2.00 bits per heavy atom. The van der Waals surface area contributed by atoms with E-state index in [1.165, 1.54) is 23.1 Å². The molecule has 1 heterocycles. The zero-order chi connectivity index (χ0) is 18.9. The van der Waals surface area contributed by atoms with Crippen LogP contribution in [0.15, 0.2) is 58.4 Å². The summed E-state index contributed by atoms with van der Waals surface area (Å²) >= 11 is 2.79. The van der Waals surface area contributed by atoms with Crippen molar-refractivity contribution in [3.05, 3.63) is 65.2 Å². The normalized spacial score (nSPS) is 10.4. The molecule has 0 atom stereocenters. The van der Waals surface area contributed by atoms with Crippen molar-refractivity contribution in [2.75, 3.05) is 12.9 Å². The number of hydrogen-bond acceptors (Lipinski definition) is 7. The van der Waals surface area contributed by atoms with Gasteiger partial charge >= 0.3 is 0 Å². The molecule has 0 bridgehead atoms. The number of nitrogens with zero attached hydrogens (tertiary/aromatic N) is 2. The lowest BCUT2D eigenvalue weighted by Gasteiger charge is -2.13. The first-order valence-corrected chi connectivity index (χ1v) is 10.1. The standard InChI is InChI=1S/C19H19N3O3S2/c1-24-17-9-15(10-20-18(23)12-26-19-22-21-13-27-19)7-8-16(17)25-11-14-5-3-2-4-6-14/h2-9,13H,10-12H2,1H3,(H,20,23). The Morgan fingerprint density at radius 1 is 1.15 bits per heavy atom. The summed E-state index contributed by atoms with van der Waals surface area (Å²) in [5, 5.41) is 10.5. The van der Waals surface area contributed by atoms with E-state index >= 15 is 0 Å². The molecule has 0 aliphatic carbocycles. The highest BCUT2D eigenvalue weighted by atomic mass is 32.2. The minimum Gasteiger partial charge on any atom is -0.493 e. The Morgan fingerprint density at radius 3 is 2.74 bits per heavy atom. The van der Waals surface area contributed by atoms with Gasteiger partial charge in [0.15, 0.2) is 15.8 Å². The molecule has 3 rings (SSSR count). The minimum atomic E-state index is -0.0569. The van der Waals surface area contributed by atoms with E-state index < -0.39 is 0 Å². The molecule has 0 spiro atoms. The summed E-state index contributed by atoms with van der Waals surface area (Å²) in [6, 6.07) is 15.6. The smallest absolute Gasteiger partial charge is 0.230 e. The van der Waals surface area contributed by atoms with E-state index in [2.05, 4.69) is 15.5 Å². The van der Waals surface area contributed by atoms with Gasteiger partial charge in [-0.1, -0.05) is 59.5 Å². The Balaban J connectivity index is 1.51. The molecular weight excluding hydrogens is 382 g/mol. The number of thioether (sulfide) groups is 1. The van der Waals surface area contributed by atoms with Crippen molar-refractivity contribution in [1.82, 2.24) is 15.5 Å². The summed E-state index contributed by atoms with van der Waals surface area (Å²) in [5.41, 5.74) is 3.67. The molecule has 0 saturated carbocycles. The lowest BCUT2D eigenvalue weighted by atomic mass is 10.2. The molecule has 3 aromatic rings. The van der Waals surface area contributed by atoms with Crippen LogP contribution < -0.4 is 14.8 Å². The lowest BCUT2D eigenvalue weighted by Crippen LogP contribution is -2.24. The summed E-state index contributed by atoms with van der Waals surface area (Å²) in [6.45, 7) is 0.890. The van der Waals surface area contributed by atoms with Crippen LogP contribution in [0.2, 0.25) is 0 Å². The molecule has 2 aromatic carbocycles. The fourth-order valence-corrected chi connectivity index (χ4v) is 3.60. The molecule has 1 aromatic heterocycles. The lowest BCUT2D eigenvalue weighted by molar-refractivity contribution is -0.118. The molecule has 6 nitrogen and oxygen atoms in total. The molecule has 1 amide bonds. The molecule has 0 fully saturated rings. The molecule has 1 N–H and O–H groups in total. The van der Waals surface area contributed by atoms with Crippen LogP contribution in [0.3, 0.4) is 0 Å². The van der Waals surface area contributed by atoms with Crippen molar-refractivity contribution in [2.45, 2.75) is 17.5 Å². The van der Waals surface area contributed by atoms with E-state index in [1.54, 1.807) is 12.6 Å². The quantitative estimate of drug-likeness (QED) is 0.553. The predicted octanol–water partition coefficient (Wildman–Crippen LogP) is 3.53. The molecule has 0 unspecified atom stereocenters. The number of amides is 1. The highest BCUT2D eigenvalue weighted by Crippen LogP contribution is 2.29. The molecule has 0 aliphatic heterocycles. The van der Waals surface area contributed by atoms with Crippen molar-refractivity contribution in [1.29, 1.82) is 0 Å². The van der Waals surface area contributed by atoms with Gasteiger partial charge in [0.05, 0.1) is 12.9 Å². The van der Waals surface area contributed by atoms with Gasteiger partial charge in [0.25, 0.3) is 0 Å². The first-order valence-electron chi connectivity index (χ1n) is 8.24. The number of rotatable bonds is 9. The molecule has 0 aliphatic rings. The Hall–Kier alpha value is -2.58. The summed E-state index contributed by atoms with van der Waals surface area (Å²) in [7, 11) is 1.60. The first-order chi connectivity index (χ1) is 13.2. The third-order valence-electron chi connectivity index (χ3n) is 3.62. The minimum absolute atomic E-state index is 0.0569. The van der Waals surface area contributed by atoms with Gasteiger partial charge < -0.3 is 14.8 Å². The fourth-order valence-electron chi connectivity index (χ4n) is 2.28. The molecule has 140 valence electrons. The third kappa shape index (κ3) is 5.97. The predicted molar refractivity (Wildman–Crippen MR) is 106 cm³/mol. The zero-order valence-electron chi connectivity index (χ0n) is 14.8. The van der Waals surface area contributed by atoms with Crippen LogP contribution in [0.4, 0.5) is 0 Å². The molecule has 0 saturated heterocycles. The van der Waals surface area contributed by atoms with Crippen molar-refractivity contribution >= 4 is 29.0 Å². The van der Waals surface area contributed by atoms with Crippen LogP contribution in [-0.4, -0.2) is 29.0 Å². The zero-order valence-corrected chi connectivity index (χ0v) is 16.4. The van der Waals surface area contributed by atoms with Gasteiger partial charge in [-0.2, -0.15) is 0 Å². The second kappa shape index (κ2) is 9.94. The monoisotopic (exact) mass is 401 g/mol. The largest absolute Gasteiger partial charge is 0.493 e. The number of nitrogens with one attached hydrogen (secondary N) is 1. The Kier molecular flexibility index (Phi) is 7.06. The highest BCUT2D eigenvalue weighted by molar-refractivity contribution is 8.01. The van der Waals surface area contributed by atoms with E-state index in [4.69, 9.17) is 9.47 Å². The van der Waals surface area contributed by atoms with E-state index in [0.717, 1.165) is 15.5 Å². The number of methoxy groups -OCH3 is 1. The second-order valence-corrected chi connectivity index (χ2v) is 7.59. The molecule has 0 radical (unpaired) electrons. The van der Waals surface area contributed by atoms with Gasteiger partial charge in [0.2, 0.25) is 5.91 Å². The van der Waals surface area contributed by atoms with Crippen LogP contribution in [0.25, 0.3) is 0 Å². The SMILES string of the molecule is COc1cc(CNC(=O)CSc2nncs2)ccc1OCc1ccccc1. The molecule has 8 heteroatoms. The van der Waals surface area contributed by atoms with E-state index in [-0.39, 0.29) is 5.91 Å². The maximum Gasteiger partial charge on any atom is 0.230 e. The van der Waals surface area contributed by atoms with Crippen LogP contribution in [0.5, 0.6) is 11.5 Å². The van der Waals surface area contributed by atoms with Crippen LogP contribution in [0, 0.1) is 0 Å². The fraction of sp³-hybridized carbons (Fsp3) is 0.211. The maximum absolute atomic E-state index is 12.0. The number of carbonyl (C=O) groups is 1. The number of ether oxygens (including phenoxy) is 2. The Labute approximate surface area is 165 Å². The van der Waals surface area contributed by atoms with Gasteiger partial charge in [0.1, 0.15) is 12.1 Å². The topological polar surface area (TPSA) is 73.3 Å². The molecular formula is C19H19N3O3S2. The van der Waals surface area contributed by atoms with Gasteiger partial charge in [-0.25, -0.2) is 0 Å². The summed E-state index contributed by atoms with van der Waals surface area (Å²) in [6.07, 6.45) is 0. The first kappa shape index (κ1) is 19.2. The summed E-state index contributed by atoms with van der Waals surface area (Å²) < 4.78 is 12.1. The second-order valence-electron chi connectivity index (χ2n) is 5.53. The number of carbonyl (C=O) groups excluding carboxylic acids is 1. The van der Waals surface area contributed by atoms with Crippen molar-refractivity contribution in [2.24, 2.45) is 0 Å². The van der Waals surface area contributed by atoms with Crippen molar-refractivity contribution < 1.29 is 14.3 Å². The highest BCUT2D eigenvalue weighted by Gasteiger charge is 2.09.